The summed E-state index contributed by atoms with van der Waals surface area (Å²) >= 11 is 5.91. The number of halogens is 1. The van der Waals surface area contributed by atoms with Crippen molar-refractivity contribution in [3.05, 3.63) is 34.9 Å². The molecule has 1 unspecified atom stereocenters. The standard InChI is InChI=1S/C16H22ClNO2/c1-20-11-3-2-10-18-16(19)15(12-4-5-12)13-6-8-14(17)9-7-13/h6-9,12,15H,2-5,10-11H2,1H3,(H,18,19). The number of rotatable bonds is 8. The highest BCUT2D eigenvalue weighted by molar-refractivity contribution is 6.30. The number of methoxy groups -OCH3 is 1. The molecule has 1 atom stereocenters. The Labute approximate surface area is 125 Å². The maximum Gasteiger partial charge on any atom is 0.227 e. The molecule has 1 fully saturated rings. The summed E-state index contributed by atoms with van der Waals surface area (Å²) in [5.41, 5.74) is 1.08. The number of unbranched alkanes of at least 4 members (excludes halogenated alkanes) is 1. The van der Waals surface area contributed by atoms with Crippen LogP contribution >= 0.6 is 11.6 Å². The molecule has 0 spiro atoms. The van der Waals surface area contributed by atoms with Crippen LogP contribution in [0.5, 0.6) is 0 Å². The molecule has 1 saturated carbocycles. The minimum atomic E-state index is -0.0188. The molecule has 1 aliphatic carbocycles. The van der Waals surface area contributed by atoms with Gasteiger partial charge in [-0.15, -0.1) is 0 Å². The van der Waals surface area contributed by atoms with Gasteiger partial charge in [-0.1, -0.05) is 23.7 Å². The Kier molecular flexibility index (Phi) is 5.86. The minimum Gasteiger partial charge on any atom is -0.385 e. The van der Waals surface area contributed by atoms with Crippen LogP contribution < -0.4 is 5.32 Å². The first kappa shape index (κ1) is 15.3. The quantitative estimate of drug-likeness (QED) is 0.747. The summed E-state index contributed by atoms with van der Waals surface area (Å²) < 4.78 is 5.00. The zero-order chi connectivity index (χ0) is 14.4. The van der Waals surface area contributed by atoms with Crippen molar-refractivity contribution in [2.45, 2.75) is 31.6 Å². The third-order valence-electron chi connectivity index (χ3n) is 3.68. The van der Waals surface area contributed by atoms with Crippen molar-refractivity contribution in [1.29, 1.82) is 0 Å². The van der Waals surface area contributed by atoms with Gasteiger partial charge in [0.25, 0.3) is 0 Å². The Balaban J connectivity index is 1.88. The lowest BCUT2D eigenvalue weighted by molar-refractivity contribution is -0.123. The highest BCUT2D eigenvalue weighted by atomic mass is 35.5. The molecule has 1 aliphatic rings. The van der Waals surface area contributed by atoms with Gasteiger partial charge in [-0.2, -0.15) is 0 Å². The van der Waals surface area contributed by atoms with Crippen LogP contribution in [0.4, 0.5) is 0 Å². The van der Waals surface area contributed by atoms with Gasteiger partial charge in [0.05, 0.1) is 5.92 Å². The molecule has 1 N–H and O–H groups in total. The minimum absolute atomic E-state index is 0.0188. The van der Waals surface area contributed by atoms with Crippen LogP contribution in [0.1, 0.15) is 37.2 Å². The summed E-state index contributed by atoms with van der Waals surface area (Å²) in [5, 5.41) is 3.76. The fourth-order valence-corrected chi connectivity index (χ4v) is 2.56. The van der Waals surface area contributed by atoms with Gasteiger partial charge in [-0.05, 0) is 49.3 Å². The summed E-state index contributed by atoms with van der Waals surface area (Å²) in [6.45, 7) is 1.47. The molecule has 1 aromatic rings. The molecule has 0 aromatic heterocycles. The predicted molar refractivity (Wildman–Crippen MR) is 81.0 cm³/mol. The second kappa shape index (κ2) is 7.65. The number of hydrogen-bond acceptors (Lipinski definition) is 2. The van der Waals surface area contributed by atoms with E-state index >= 15 is 0 Å². The zero-order valence-corrected chi connectivity index (χ0v) is 12.7. The van der Waals surface area contributed by atoms with E-state index in [1.165, 1.54) is 0 Å². The molecule has 3 nitrogen and oxygen atoms in total. The maximum absolute atomic E-state index is 12.4. The molecule has 20 heavy (non-hydrogen) atoms. The largest absolute Gasteiger partial charge is 0.385 e. The van der Waals surface area contributed by atoms with Gasteiger partial charge in [0.1, 0.15) is 0 Å². The van der Waals surface area contributed by atoms with Crippen molar-refractivity contribution in [2.24, 2.45) is 5.92 Å². The first-order valence-corrected chi connectivity index (χ1v) is 7.62. The lowest BCUT2D eigenvalue weighted by atomic mass is 9.93. The fraction of sp³-hybridized carbons (Fsp3) is 0.562. The third-order valence-corrected chi connectivity index (χ3v) is 3.93. The summed E-state index contributed by atoms with van der Waals surface area (Å²) in [6, 6.07) is 7.65. The van der Waals surface area contributed by atoms with E-state index in [9.17, 15) is 4.79 Å². The molecule has 1 amide bonds. The SMILES string of the molecule is COCCCCNC(=O)C(c1ccc(Cl)cc1)C1CC1. The average Bonchev–Trinajstić information content (AvgIpc) is 3.26. The normalized spacial score (nSPS) is 15.9. The first-order valence-electron chi connectivity index (χ1n) is 7.24. The molecular weight excluding hydrogens is 274 g/mol. The van der Waals surface area contributed by atoms with E-state index in [1.807, 2.05) is 24.3 Å². The van der Waals surface area contributed by atoms with E-state index in [0.717, 1.165) is 44.4 Å². The van der Waals surface area contributed by atoms with Crippen LogP contribution in [0.3, 0.4) is 0 Å². The summed E-state index contributed by atoms with van der Waals surface area (Å²) in [5.74, 6) is 0.622. The van der Waals surface area contributed by atoms with E-state index in [1.54, 1.807) is 7.11 Å². The number of amides is 1. The Bertz CT molecular complexity index is 429. The smallest absolute Gasteiger partial charge is 0.227 e. The van der Waals surface area contributed by atoms with Crippen LogP contribution in [0, 0.1) is 5.92 Å². The van der Waals surface area contributed by atoms with Crippen molar-refractivity contribution in [2.75, 3.05) is 20.3 Å². The molecule has 0 bridgehead atoms. The molecule has 0 saturated heterocycles. The van der Waals surface area contributed by atoms with Crippen LogP contribution in [-0.2, 0) is 9.53 Å². The van der Waals surface area contributed by atoms with Crippen LogP contribution in [0.2, 0.25) is 5.02 Å². The Morgan fingerprint density at radius 2 is 2.05 bits per heavy atom. The molecule has 4 heteroatoms. The van der Waals surface area contributed by atoms with Gasteiger partial charge >= 0.3 is 0 Å². The van der Waals surface area contributed by atoms with E-state index in [0.29, 0.717) is 10.9 Å². The summed E-state index contributed by atoms with van der Waals surface area (Å²) in [6.07, 6.45) is 4.22. The molecule has 0 aliphatic heterocycles. The summed E-state index contributed by atoms with van der Waals surface area (Å²) in [7, 11) is 1.70. The van der Waals surface area contributed by atoms with Crippen molar-refractivity contribution >= 4 is 17.5 Å². The van der Waals surface area contributed by atoms with Gasteiger partial charge in [0.15, 0.2) is 0 Å². The predicted octanol–water partition coefficient (Wildman–Crippen LogP) is 3.38. The lowest BCUT2D eigenvalue weighted by Gasteiger charge is -2.16. The maximum atomic E-state index is 12.4. The second-order valence-electron chi connectivity index (χ2n) is 5.36. The number of carbonyl (C=O) groups excluding carboxylic acids is 1. The van der Waals surface area contributed by atoms with E-state index in [-0.39, 0.29) is 11.8 Å². The number of hydrogen-bond donors (Lipinski definition) is 1. The third kappa shape index (κ3) is 4.50. The van der Waals surface area contributed by atoms with Gasteiger partial charge in [-0.25, -0.2) is 0 Å². The number of benzene rings is 1. The van der Waals surface area contributed by atoms with Crippen LogP contribution in [-0.4, -0.2) is 26.2 Å². The van der Waals surface area contributed by atoms with Crippen molar-refractivity contribution in [1.82, 2.24) is 5.32 Å². The molecule has 0 radical (unpaired) electrons. The lowest BCUT2D eigenvalue weighted by Crippen LogP contribution is -2.31. The van der Waals surface area contributed by atoms with Gasteiger partial charge < -0.3 is 10.1 Å². The van der Waals surface area contributed by atoms with Crippen molar-refractivity contribution in [3.8, 4) is 0 Å². The molecular formula is C16H22ClNO2. The first-order chi connectivity index (χ1) is 9.72. The number of carbonyl (C=O) groups is 1. The molecule has 1 aromatic carbocycles. The fourth-order valence-electron chi connectivity index (χ4n) is 2.43. The van der Waals surface area contributed by atoms with E-state index < -0.39 is 0 Å². The second-order valence-corrected chi connectivity index (χ2v) is 5.79. The van der Waals surface area contributed by atoms with Gasteiger partial charge in [0.2, 0.25) is 5.91 Å². The zero-order valence-electron chi connectivity index (χ0n) is 11.9. The van der Waals surface area contributed by atoms with Gasteiger partial charge in [0, 0.05) is 25.3 Å². The van der Waals surface area contributed by atoms with E-state index in [2.05, 4.69) is 5.32 Å². The number of nitrogens with one attached hydrogen (secondary N) is 1. The van der Waals surface area contributed by atoms with Crippen molar-refractivity contribution < 1.29 is 9.53 Å². The number of ether oxygens (including phenoxy) is 1. The Hall–Kier alpha value is -1.06. The van der Waals surface area contributed by atoms with E-state index in [4.69, 9.17) is 16.3 Å². The highest BCUT2D eigenvalue weighted by Crippen LogP contribution is 2.42. The Morgan fingerprint density at radius 3 is 2.65 bits per heavy atom. The van der Waals surface area contributed by atoms with Crippen LogP contribution in [0.25, 0.3) is 0 Å². The Morgan fingerprint density at radius 1 is 1.35 bits per heavy atom. The highest BCUT2D eigenvalue weighted by Gasteiger charge is 2.36. The summed E-state index contributed by atoms with van der Waals surface area (Å²) in [4.78, 5) is 12.4. The molecule has 0 heterocycles. The monoisotopic (exact) mass is 295 g/mol. The molecule has 2 rings (SSSR count). The van der Waals surface area contributed by atoms with Gasteiger partial charge in [-0.3, -0.25) is 4.79 Å². The van der Waals surface area contributed by atoms with Crippen LogP contribution in [0.15, 0.2) is 24.3 Å². The van der Waals surface area contributed by atoms with Crippen molar-refractivity contribution in [3.63, 3.8) is 0 Å². The topological polar surface area (TPSA) is 38.3 Å². The molecule has 110 valence electrons. The average molecular weight is 296 g/mol.